The molecule has 0 spiro atoms. The third-order valence-corrected chi connectivity index (χ3v) is 5.01. The SMILES string of the molecule is O=C([C@@H]1CCn2cncc2C1)N(Cc1ccco1)C[C@H]1CCCO1. The number of amides is 1. The molecule has 2 aliphatic rings. The maximum Gasteiger partial charge on any atom is 0.226 e. The van der Waals surface area contributed by atoms with E-state index in [-0.39, 0.29) is 17.9 Å². The second kappa shape index (κ2) is 6.81. The first kappa shape index (κ1) is 15.4. The van der Waals surface area contributed by atoms with Crippen molar-refractivity contribution in [2.24, 2.45) is 5.92 Å². The summed E-state index contributed by atoms with van der Waals surface area (Å²) < 4.78 is 13.3. The Labute approximate surface area is 141 Å². The van der Waals surface area contributed by atoms with Gasteiger partial charge in [0.25, 0.3) is 0 Å². The van der Waals surface area contributed by atoms with Gasteiger partial charge in [-0.2, -0.15) is 0 Å². The van der Waals surface area contributed by atoms with Gasteiger partial charge in [0.2, 0.25) is 5.91 Å². The zero-order valence-electron chi connectivity index (χ0n) is 13.8. The Morgan fingerprint density at radius 1 is 1.42 bits per heavy atom. The Morgan fingerprint density at radius 2 is 2.38 bits per heavy atom. The zero-order valence-corrected chi connectivity index (χ0v) is 13.8. The van der Waals surface area contributed by atoms with E-state index >= 15 is 0 Å². The van der Waals surface area contributed by atoms with Crippen LogP contribution in [0.25, 0.3) is 0 Å². The van der Waals surface area contributed by atoms with Crippen molar-refractivity contribution in [3.05, 3.63) is 42.4 Å². The molecule has 1 amide bonds. The second-order valence-corrected chi connectivity index (χ2v) is 6.70. The molecule has 1 fully saturated rings. The lowest BCUT2D eigenvalue weighted by molar-refractivity contribution is -0.138. The summed E-state index contributed by atoms with van der Waals surface area (Å²) in [6.07, 6.45) is 9.26. The van der Waals surface area contributed by atoms with Crippen molar-refractivity contribution in [3.63, 3.8) is 0 Å². The van der Waals surface area contributed by atoms with E-state index in [1.54, 1.807) is 6.26 Å². The van der Waals surface area contributed by atoms with Crippen LogP contribution in [-0.4, -0.2) is 39.6 Å². The van der Waals surface area contributed by atoms with E-state index in [1.807, 2.05) is 29.6 Å². The number of hydrogen-bond acceptors (Lipinski definition) is 4. The normalized spacial score (nSPS) is 23.2. The molecule has 2 atom stereocenters. The molecule has 24 heavy (non-hydrogen) atoms. The van der Waals surface area contributed by atoms with E-state index in [9.17, 15) is 4.79 Å². The van der Waals surface area contributed by atoms with Gasteiger partial charge < -0.3 is 18.6 Å². The number of rotatable bonds is 5. The molecule has 0 bridgehead atoms. The molecule has 2 aliphatic heterocycles. The predicted octanol–water partition coefficient (Wildman–Crippen LogP) is 2.25. The highest BCUT2D eigenvalue weighted by Gasteiger charge is 2.31. The summed E-state index contributed by atoms with van der Waals surface area (Å²) in [6.45, 7) is 2.83. The Bertz CT molecular complexity index is 674. The molecule has 2 aromatic rings. The maximum absolute atomic E-state index is 13.1. The predicted molar refractivity (Wildman–Crippen MR) is 87.1 cm³/mol. The Hall–Kier alpha value is -2.08. The van der Waals surface area contributed by atoms with Crippen molar-refractivity contribution >= 4 is 5.91 Å². The molecular weight excluding hydrogens is 306 g/mol. The number of furan rings is 1. The molecule has 0 aromatic carbocycles. The quantitative estimate of drug-likeness (QED) is 0.844. The van der Waals surface area contributed by atoms with Crippen molar-refractivity contribution in [2.75, 3.05) is 13.2 Å². The zero-order chi connectivity index (χ0) is 16.4. The summed E-state index contributed by atoms with van der Waals surface area (Å²) in [5, 5.41) is 0. The van der Waals surface area contributed by atoms with Crippen LogP contribution in [-0.2, 0) is 29.0 Å². The third-order valence-electron chi connectivity index (χ3n) is 5.01. The Balaban J connectivity index is 1.47. The van der Waals surface area contributed by atoms with Gasteiger partial charge in [-0.15, -0.1) is 0 Å². The Morgan fingerprint density at radius 3 is 3.17 bits per heavy atom. The van der Waals surface area contributed by atoms with Gasteiger partial charge in [0, 0.05) is 43.9 Å². The van der Waals surface area contributed by atoms with Crippen LogP contribution in [0.1, 0.15) is 30.7 Å². The molecule has 0 N–H and O–H groups in total. The summed E-state index contributed by atoms with van der Waals surface area (Å²) in [5.41, 5.74) is 1.15. The summed E-state index contributed by atoms with van der Waals surface area (Å²) in [7, 11) is 0. The van der Waals surface area contributed by atoms with E-state index < -0.39 is 0 Å². The van der Waals surface area contributed by atoms with Crippen LogP contribution in [0.15, 0.2) is 35.3 Å². The molecule has 1 saturated heterocycles. The fourth-order valence-corrected chi connectivity index (χ4v) is 3.70. The molecule has 4 heterocycles. The summed E-state index contributed by atoms with van der Waals surface area (Å²) in [6, 6.07) is 3.79. The van der Waals surface area contributed by atoms with Crippen LogP contribution in [0.5, 0.6) is 0 Å². The van der Waals surface area contributed by atoms with Crippen molar-refractivity contribution in [3.8, 4) is 0 Å². The molecule has 0 aliphatic carbocycles. The number of carbonyl (C=O) groups is 1. The topological polar surface area (TPSA) is 60.5 Å². The largest absolute Gasteiger partial charge is 0.467 e. The highest BCUT2D eigenvalue weighted by atomic mass is 16.5. The first-order valence-corrected chi connectivity index (χ1v) is 8.71. The van der Waals surface area contributed by atoms with Crippen molar-refractivity contribution in [1.82, 2.24) is 14.5 Å². The molecule has 4 rings (SSSR count). The molecular formula is C18H23N3O3. The fourth-order valence-electron chi connectivity index (χ4n) is 3.70. The molecule has 0 unspecified atom stereocenters. The van der Waals surface area contributed by atoms with E-state index in [2.05, 4.69) is 9.55 Å². The minimum atomic E-state index is 0.0190. The standard InChI is InChI=1S/C18H23N3O3/c22-18(14-5-6-20-13-19-10-15(20)9-14)21(11-16-3-1-7-23-16)12-17-4-2-8-24-17/h1,3,7,10,13-14,17H,2,4-6,8-9,11-12H2/t14-,17-/m1/s1. The number of fused-ring (bicyclic) bond motifs is 1. The average molecular weight is 329 g/mol. The number of carbonyl (C=O) groups excluding carboxylic acids is 1. The minimum absolute atomic E-state index is 0.0190. The lowest BCUT2D eigenvalue weighted by Gasteiger charge is -2.31. The minimum Gasteiger partial charge on any atom is -0.467 e. The van der Waals surface area contributed by atoms with E-state index in [4.69, 9.17) is 9.15 Å². The number of hydrogen-bond donors (Lipinski definition) is 0. The van der Waals surface area contributed by atoms with Gasteiger partial charge in [0.05, 0.1) is 25.2 Å². The first-order valence-electron chi connectivity index (χ1n) is 8.71. The highest BCUT2D eigenvalue weighted by molar-refractivity contribution is 5.79. The van der Waals surface area contributed by atoms with Gasteiger partial charge >= 0.3 is 0 Å². The Kier molecular flexibility index (Phi) is 4.38. The van der Waals surface area contributed by atoms with Crippen molar-refractivity contribution < 1.29 is 13.9 Å². The number of aromatic nitrogens is 2. The first-order chi connectivity index (χ1) is 11.8. The van der Waals surface area contributed by atoms with E-state index in [0.29, 0.717) is 13.1 Å². The molecule has 2 aromatic heterocycles. The summed E-state index contributed by atoms with van der Waals surface area (Å²) in [4.78, 5) is 19.3. The van der Waals surface area contributed by atoms with Crippen molar-refractivity contribution in [2.45, 2.75) is 44.9 Å². The molecule has 128 valence electrons. The van der Waals surface area contributed by atoms with Gasteiger partial charge in [-0.05, 0) is 31.4 Å². The second-order valence-electron chi connectivity index (χ2n) is 6.70. The fraction of sp³-hybridized carbons (Fsp3) is 0.556. The van der Waals surface area contributed by atoms with Gasteiger partial charge in [-0.1, -0.05) is 0 Å². The third kappa shape index (κ3) is 3.24. The maximum atomic E-state index is 13.1. The summed E-state index contributed by atoms with van der Waals surface area (Å²) in [5.74, 6) is 1.04. The van der Waals surface area contributed by atoms with E-state index in [1.165, 1.54) is 0 Å². The molecule has 6 heteroatoms. The van der Waals surface area contributed by atoms with Gasteiger partial charge in [0.1, 0.15) is 5.76 Å². The lowest BCUT2D eigenvalue weighted by atomic mass is 9.94. The van der Waals surface area contributed by atoms with Crippen LogP contribution in [0.2, 0.25) is 0 Å². The van der Waals surface area contributed by atoms with Gasteiger partial charge in [0.15, 0.2) is 0 Å². The van der Waals surface area contributed by atoms with Crippen molar-refractivity contribution in [1.29, 1.82) is 0 Å². The number of aryl methyl sites for hydroxylation is 1. The smallest absolute Gasteiger partial charge is 0.226 e. The van der Waals surface area contributed by atoms with E-state index in [0.717, 1.165) is 50.3 Å². The number of ether oxygens (including phenoxy) is 1. The molecule has 0 radical (unpaired) electrons. The van der Waals surface area contributed by atoms with Crippen LogP contribution in [0.3, 0.4) is 0 Å². The number of imidazole rings is 1. The van der Waals surface area contributed by atoms with Crippen LogP contribution in [0, 0.1) is 5.92 Å². The van der Waals surface area contributed by atoms with Gasteiger partial charge in [-0.3, -0.25) is 4.79 Å². The molecule has 6 nitrogen and oxygen atoms in total. The van der Waals surface area contributed by atoms with Crippen LogP contribution >= 0.6 is 0 Å². The number of nitrogens with zero attached hydrogens (tertiary/aromatic N) is 3. The summed E-state index contributed by atoms with van der Waals surface area (Å²) >= 11 is 0. The van der Waals surface area contributed by atoms with Crippen LogP contribution < -0.4 is 0 Å². The monoisotopic (exact) mass is 329 g/mol. The van der Waals surface area contributed by atoms with Gasteiger partial charge in [-0.25, -0.2) is 4.98 Å². The highest BCUT2D eigenvalue weighted by Crippen LogP contribution is 2.24. The average Bonchev–Trinajstić information content (AvgIpc) is 3.35. The van der Waals surface area contributed by atoms with Crippen LogP contribution in [0.4, 0.5) is 0 Å². The molecule has 0 saturated carbocycles. The lowest BCUT2D eigenvalue weighted by Crippen LogP contribution is -2.42.